The van der Waals surface area contributed by atoms with E-state index in [4.69, 9.17) is 23.2 Å². The Morgan fingerprint density at radius 2 is 1.60 bits per heavy atom. The Kier molecular flexibility index (Phi) is 11.0. The molecule has 0 aliphatic carbocycles. The van der Waals surface area contributed by atoms with Gasteiger partial charge < -0.3 is 0 Å². The molecule has 0 spiro atoms. The molecule has 0 saturated carbocycles. The van der Waals surface area contributed by atoms with Gasteiger partial charge >= 0.3 is 18.5 Å². The molecule has 42 heavy (non-hydrogen) atoms. The fourth-order valence-corrected chi connectivity index (χ4v) is 6.00. The number of hydrogen-bond donors (Lipinski definition) is 0. The minimum absolute atomic E-state index is 0.0109. The first-order chi connectivity index (χ1) is 18.9. The Bertz CT molecular complexity index is 1480. The number of carbonyl (C=O) groups is 1. The van der Waals surface area contributed by atoms with Gasteiger partial charge in [-0.1, -0.05) is 54.9 Å². The lowest BCUT2D eigenvalue weighted by molar-refractivity contribution is -0.140. The van der Waals surface area contributed by atoms with Gasteiger partial charge in [0.05, 0.1) is 21.4 Å². The molecule has 0 amide bonds. The fourth-order valence-electron chi connectivity index (χ4n) is 3.98. The molecule has 0 N–H and O–H groups in total. The number of rotatable bonds is 10. The van der Waals surface area contributed by atoms with Crippen molar-refractivity contribution in [3.8, 4) is 0 Å². The molecule has 16 heteroatoms. The van der Waals surface area contributed by atoms with Gasteiger partial charge in [-0.25, -0.2) is 12.8 Å². The number of allylic oxidation sites excluding steroid dienone is 1. The van der Waals surface area contributed by atoms with E-state index in [-0.39, 0.29) is 27.8 Å². The molecule has 0 heterocycles. The van der Waals surface area contributed by atoms with E-state index in [0.29, 0.717) is 12.1 Å². The third-order valence-corrected chi connectivity index (χ3v) is 8.34. The zero-order valence-electron chi connectivity index (χ0n) is 21.2. The van der Waals surface area contributed by atoms with E-state index in [1.807, 2.05) is 0 Å². The topological polar surface area (TPSA) is 51.2 Å². The van der Waals surface area contributed by atoms with Crippen LogP contribution in [0.2, 0.25) is 10.0 Å². The summed E-state index contributed by atoms with van der Waals surface area (Å²) in [7, 11) is -4.75. The van der Waals surface area contributed by atoms with Gasteiger partial charge in [-0.3, -0.25) is 4.79 Å². The van der Waals surface area contributed by atoms with Gasteiger partial charge in [0.2, 0.25) is 0 Å². The van der Waals surface area contributed by atoms with Crippen LogP contribution in [0.25, 0.3) is 11.9 Å². The lowest BCUT2D eigenvalue weighted by atomic mass is 9.92. The lowest BCUT2D eigenvalue weighted by Crippen LogP contribution is -2.28. The largest absolute Gasteiger partial charge is 0.417 e. The first-order valence-electron chi connectivity index (χ1n) is 11.5. The molecule has 0 aliphatic heterocycles. The average molecular weight is 673 g/mol. The third kappa shape index (κ3) is 9.73. The summed E-state index contributed by atoms with van der Waals surface area (Å²) in [5, 5.41) is -0.460. The quantitative estimate of drug-likeness (QED) is 0.187. The van der Waals surface area contributed by atoms with Gasteiger partial charge in [0.1, 0.15) is 17.5 Å². The van der Waals surface area contributed by atoms with Gasteiger partial charge in [0.15, 0.2) is 15.6 Å². The van der Waals surface area contributed by atoms with E-state index in [0.717, 1.165) is 25.1 Å². The molecule has 232 valence electrons. The number of sulfone groups is 1. The molecule has 2 aromatic carbocycles. The molecule has 0 fully saturated rings. The van der Waals surface area contributed by atoms with Crippen molar-refractivity contribution >= 4 is 50.7 Å². The monoisotopic (exact) mass is 672 g/mol. The Balaban J connectivity index is 2.49. The first-order valence-corrected chi connectivity index (χ1v) is 14.1. The van der Waals surface area contributed by atoms with Crippen LogP contribution in [0.5, 0.6) is 0 Å². The van der Waals surface area contributed by atoms with Crippen LogP contribution in [-0.4, -0.2) is 38.1 Å². The summed E-state index contributed by atoms with van der Waals surface area (Å²) in [6, 6.07) is 2.92. The van der Waals surface area contributed by atoms with Crippen molar-refractivity contribution in [1.29, 1.82) is 0 Å². The summed E-state index contributed by atoms with van der Waals surface area (Å²) in [6.45, 7) is 4.42. The normalized spacial score (nSPS) is 14.9. The molecule has 0 aromatic heterocycles. The Hall–Kier alpha value is -2.58. The number of hydrogen-bond acceptors (Lipinski definition) is 3. The highest BCUT2D eigenvalue weighted by Crippen LogP contribution is 2.42. The van der Waals surface area contributed by atoms with Crippen molar-refractivity contribution in [1.82, 2.24) is 0 Å². The van der Waals surface area contributed by atoms with E-state index in [1.165, 1.54) is 0 Å². The van der Waals surface area contributed by atoms with Crippen molar-refractivity contribution in [3.63, 3.8) is 0 Å². The van der Waals surface area contributed by atoms with Crippen molar-refractivity contribution in [3.05, 3.63) is 80.8 Å². The highest BCUT2D eigenvalue weighted by molar-refractivity contribution is 7.91. The van der Waals surface area contributed by atoms with Crippen molar-refractivity contribution in [2.45, 2.75) is 37.8 Å². The van der Waals surface area contributed by atoms with Gasteiger partial charge in [0, 0.05) is 17.5 Å². The second-order valence-electron chi connectivity index (χ2n) is 9.30. The van der Waals surface area contributed by atoms with Crippen molar-refractivity contribution < 1.29 is 57.1 Å². The minimum atomic E-state index is -5.32. The van der Waals surface area contributed by atoms with E-state index in [1.54, 1.807) is 0 Å². The number of halogens is 12. The lowest BCUT2D eigenvalue weighted by Gasteiger charge is -2.20. The molecule has 2 rings (SSSR count). The number of benzene rings is 2. The van der Waals surface area contributed by atoms with E-state index >= 15 is 4.39 Å². The standard InChI is InChI=1S/C26H20Cl2F10O3S/c1-3-14-7-16(9-20(27)23(14)28)18(25(33,34)35)10-21(29)15-4-5-17(19(8-15)26(36,37)38)22(39)6-13(2)11-42(40,41)12-24(30,31)32/h3-5,7-10,13,18H,1,6,11-12H2,2H3/b21-10-/t13-,18?/m0/s1. The Labute approximate surface area is 243 Å². The average Bonchev–Trinajstić information content (AvgIpc) is 2.80. The minimum Gasteiger partial charge on any atom is -0.294 e. The van der Waals surface area contributed by atoms with E-state index in [2.05, 4.69) is 6.58 Å². The summed E-state index contributed by atoms with van der Waals surface area (Å²) < 4.78 is 159. The molecule has 3 nitrogen and oxygen atoms in total. The maximum absolute atomic E-state index is 15.1. The zero-order chi connectivity index (χ0) is 32.4. The molecule has 2 atom stereocenters. The maximum atomic E-state index is 15.1. The van der Waals surface area contributed by atoms with Crippen LogP contribution >= 0.6 is 23.2 Å². The van der Waals surface area contributed by atoms with Crippen molar-refractivity contribution in [2.75, 3.05) is 11.5 Å². The van der Waals surface area contributed by atoms with Crippen LogP contribution < -0.4 is 0 Å². The highest BCUT2D eigenvalue weighted by atomic mass is 35.5. The van der Waals surface area contributed by atoms with Gasteiger partial charge in [-0.05, 0) is 41.3 Å². The molecule has 1 unspecified atom stereocenters. The third-order valence-electron chi connectivity index (χ3n) is 5.68. The molecule has 0 saturated heterocycles. The fraction of sp³-hybridized carbons (Fsp3) is 0.346. The molecule has 2 aromatic rings. The summed E-state index contributed by atoms with van der Waals surface area (Å²) in [5.41, 5.74) is -4.42. The molecule has 0 bridgehead atoms. The summed E-state index contributed by atoms with van der Waals surface area (Å²) in [6.07, 6.45) is -15.4. The number of ketones is 1. The van der Waals surface area contributed by atoms with Crippen LogP contribution in [0.15, 0.2) is 43.0 Å². The molecule has 0 aliphatic rings. The van der Waals surface area contributed by atoms with E-state index in [9.17, 15) is 52.7 Å². The SMILES string of the molecule is C=Cc1cc(C(/C=C(\F)c2ccc(C(=O)C[C@H](C)CS(=O)(=O)CC(F)(F)F)c(C(F)(F)F)c2)C(F)(F)F)cc(Cl)c1Cl. The van der Waals surface area contributed by atoms with Crippen LogP contribution in [0.3, 0.4) is 0 Å². The van der Waals surface area contributed by atoms with Gasteiger partial charge in [-0.15, -0.1) is 0 Å². The first kappa shape index (κ1) is 35.6. The second-order valence-corrected chi connectivity index (χ2v) is 12.2. The van der Waals surface area contributed by atoms with Gasteiger partial charge in [0.25, 0.3) is 0 Å². The van der Waals surface area contributed by atoms with Crippen LogP contribution in [-0.2, 0) is 16.0 Å². The Morgan fingerprint density at radius 3 is 2.10 bits per heavy atom. The van der Waals surface area contributed by atoms with Gasteiger partial charge in [-0.2, -0.15) is 39.5 Å². The second kappa shape index (κ2) is 13.0. The smallest absolute Gasteiger partial charge is 0.294 e. The summed E-state index contributed by atoms with van der Waals surface area (Å²) >= 11 is 11.8. The zero-order valence-corrected chi connectivity index (χ0v) is 23.5. The molecular formula is C26H20Cl2F10O3S. The molecular weight excluding hydrogens is 653 g/mol. The number of Topliss-reactive ketones (excluding diaryl/α,β-unsaturated/α-hetero) is 1. The van der Waals surface area contributed by atoms with E-state index < -0.39 is 92.0 Å². The number of alkyl halides is 9. The summed E-state index contributed by atoms with van der Waals surface area (Å²) in [5.74, 6) is -10.4. The van der Waals surface area contributed by atoms with Crippen LogP contribution in [0.4, 0.5) is 43.9 Å². The Morgan fingerprint density at radius 1 is 1.00 bits per heavy atom. The predicted molar refractivity (Wildman–Crippen MR) is 139 cm³/mol. The highest BCUT2D eigenvalue weighted by Gasteiger charge is 2.41. The predicted octanol–water partition coefficient (Wildman–Crippen LogP) is 9.50. The maximum Gasteiger partial charge on any atom is 0.417 e. The summed E-state index contributed by atoms with van der Waals surface area (Å²) in [4.78, 5) is 12.6. The van der Waals surface area contributed by atoms with Crippen LogP contribution in [0.1, 0.15) is 51.9 Å². The van der Waals surface area contributed by atoms with Crippen molar-refractivity contribution in [2.24, 2.45) is 5.92 Å². The molecule has 0 radical (unpaired) electrons. The van der Waals surface area contributed by atoms with Crippen LogP contribution in [0, 0.1) is 5.92 Å². The number of carbonyl (C=O) groups excluding carboxylic acids is 1.